The Hall–Kier alpha value is -2.20. The third kappa shape index (κ3) is 7.40. The molecule has 1 amide bonds. The molecule has 4 rings (SSSR count). The van der Waals surface area contributed by atoms with Gasteiger partial charge in [0.1, 0.15) is 0 Å². The van der Waals surface area contributed by atoms with E-state index in [1.54, 1.807) is 23.6 Å². The van der Waals surface area contributed by atoms with Crippen molar-refractivity contribution in [1.82, 2.24) is 15.6 Å². The number of thiazole rings is 1. The fourth-order valence-corrected chi connectivity index (χ4v) is 6.10. The molecule has 0 saturated heterocycles. The normalized spacial score (nSPS) is 14.5. The predicted molar refractivity (Wildman–Crippen MR) is 140 cm³/mol. The summed E-state index contributed by atoms with van der Waals surface area (Å²) in [6.07, 6.45) is 7.48. The van der Waals surface area contributed by atoms with Crippen LogP contribution in [0.4, 0.5) is 5.13 Å². The lowest BCUT2D eigenvalue weighted by molar-refractivity contribution is -0.120. The van der Waals surface area contributed by atoms with E-state index in [1.165, 1.54) is 43.4 Å². The number of carbonyl (C=O) groups is 1. The van der Waals surface area contributed by atoms with Crippen molar-refractivity contribution >= 4 is 55.6 Å². The van der Waals surface area contributed by atoms with Gasteiger partial charge in [0.25, 0.3) is 10.0 Å². The van der Waals surface area contributed by atoms with Gasteiger partial charge in [-0.1, -0.05) is 49.6 Å². The van der Waals surface area contributed by atoms with Gasteiger partial charge in [-0.05, 0) is 48.7 Å². The Morgan fingerprint density at radius 1 is 1.03 bits per heavy atom. The Morgan fingerprint density at radius 2 is 1.79 bits per heavy atom. The minimum atomic E-state index is -3.76. The molecule has 0 atom stereocenters. The molecule has 2 aromatic carbocycles. The highest BCUT2D eigenvalue weighted by molar-refractivity contribution is 7.93. The van der Waals surface area contributed by atoms with Crippen LogP contribution in [0.15, 0.2) is 52.7 Å². The average Bonchev–Trinajstić information content (AvgIpc) is 3.25. The lowest BCUT2D eigenvalue weighted by Gasteiger charge is -2.22. The Labute approximate surface area is 211 Å². The van der Waals surface area contributed by atoms with E-state index >= 15 is 0 Å². The summed E-state index contributed by atoms with van der Waals surface area (Å²) in [5.74, 6) is -0.109. The number of anilines is 1. The molecule has 0 spiro atoms. The molecule has 0 aliphatic heterocycles. The number of sulfonamides is 1. The fraction of sp³-hybridized carbons (Fsp3) is 0.417. The summed E-state index contributed by atoms with van der Waals surface area (Å²) >= 11 is 1.17. The molecular formula is C24H31ClN4O3S2. The Kier molecular flexibility index (Phi) is 9.70. The second-order valence-electron chi connectivity index (χ2n) is 8.43. The monoisotopic (exact) mass is 522 g/mol. The molecule has 34 heavy (non-hydrogen) atoms. The van der Waals surface area contributed by atoms with Crippen LogP contribution in [0.25, 0.3) is 10.8 Å². The summed E-state index contributed by atoms with van der Waals surface area (Å²) in [5, 5.41) is 10.3. The second kappa shape index (κ2) is 12.5. The number of hydrogen-bond acceptors (Lipinski definition) is 6. The van der Waals surface area contributed by atoms with Gasteiger partial charge in [0.15, 0.2) is 5.13 Å². The summed E-state index contributed by atoms with van der Waals surface area (Å²) in [6, 6.07) is 13.2. The SMILES string of the molecule is Cl.O=C(Cc1csc(NS(=O)(=O)c2ccc3ccccc3c2)n1)NCCCNC1CCCCC1. The van der Waals surface area contributed by atoms with E-state index in [9.17, 15) is 13.2 Å². The summed E-state index contributed by atoms with van der Waals surface area (Å²) in [4.78, 5) is 16.7. The van der Waals surface area contributed by atoms with Gasteiger partial charge in [-0.2, -0.15) is 0 Å². The van der Waals surface area contributed by atoms with Crippen molar-refractivity contribution in [2.24, 2.45) is 0 Å². The third-order valence-electron chi connectivity index (χ3n) is 5.86. The van der Waals surface area contributed by atoms with E-state index < -0.39 is 10.0 Å². The zero-order valence-electron chi connectivity index (χ0n) is 19.0. The van der Waals surface area contributed by atoms with Crippen LogP contribution in [0.1, 0.15) is 44.2 Å². The van der Waals surface area contributed by atoms with Crippen LogP contribution < -0.4 is 15.4 Å². The van der Waals surface area contributed by atoms with Crippen LogP contribution in [0.5, 0.6) is 0 Å². The minimum absolute atomic E-state index is 0. The van der Waals surface area contributed by atoms with E-state index in [-0.39, 0.29) is 34.8 Å². The van der Waals surface area contributed by atoms with E-state index in [0.29, 0.717) is 18.3 Å². The topological polar surface area (TPSA) is 100 Å². The van der Waals surface area contributed by atoms with Crippen LogP contribution in [0, 0.1) is 0 Å². The number of nitrogens with one attached hydrogen (secondary N) is 3. The maximum absolute atomic E-state index is 12.8. The summed E-state index contributed by atoms with van der Waals surface area (Å²) < 4.78 is 28.1. The highest BCUT2D eigenvalue weighted by Gasteiger charge is 2.17. The number of hydrogen-bond donors (Lipinski definition) is 3. The first kappa shape index (κ1) is 26.4. The number of benzene rings is 2. The average molecular weight is 523 g/mol. The van der Waals surface area contributed by atoms with Crippen molar-refractivity contribution in [3.8, 4) is 0 Å². The van der Waals surface area contributed by atoms with Crippen molar-refractivity contribution in [2.45, 2.75) is 55.9 Å². The lowest BCUT2D eigenvalue weighted by atomic mass is 9.95. The number of aromatic nitrogens is 1. The fourth-order valence-electron chi connectivity index (χ4n) is 4.10. The standard InChI is InChI=1S/C24H30N4O3S2.ClH/c29-23(26-14-6-13-25-20-9-2-1-3-10-20)16-21-17-32-24(27-21)28-33(30,31)22-12-11-18-7-4-5-8-19(18)15-22;/h4-5,7-8,11-12,15,17,20,25H,1-3,6,9-10,13-14,16H2,(H,26,29)(H,27,28);1H. The van der Waals surface area contributed by atoms with E-state index in [1.807, 2.05) is 24.3 Å². The highest BCUT2D eigenvalue weighted by atomic mass is 35.5. The first-order valence-electron chi connectivity index (χ1n) is 11.5. The van der Waals surface area contributed by atoms with E-state index in [4.69, 9.17) is 0 Å². The smallest absolute Gasteiger partial charge is 0.263 e. The molecule has 0 unspecified atom stereocenters. The van der Waals surface area contributed by atoms with Gasteiger partial charge in [0.2, 0.25) is 5.91 Å². The van der Waals surface area contributed by atoms with E-state index in [0.717, 1.165) is 23.7 Å². The first-order chi connectivity index (χ1) is 16.0. The molecule has 1 aliphatic rings. The Balaban J connectivity index is 0.00000324. The van der Waals surface area contributed by atoms with Crippen molar-refractivity contribution < 1.29 is 13.2 Å². The first-order valence-corrected chi connectivity index (χ1v) is 13.8. The van der Waals surface area contributed by atoms with Crippen LogP contribution in [-0.4, -0.2) is 38.4 Å². The van der Waals surface area contributed by atoms with E-state index in [2.05, 4.69) is 20.3 Å². The predicted octanol–water partition coefficient (Wildman–Crippen LogP) is 4.49. The maximum atomic E-state index is 12.8. The lowest BCUT2D eigenvalue weighted by Crippen LogP contribution is -2.34. The van der Waals surface area contributed by atoms with Gasteiger partial charge in [-0.15, -0.1) is 23.7 Å². The van der Waals surface area contributed by atoms with Crippen LogP contribution >= 0.6 is 23.7 Å². The number of fused-ring (bicyclic) bond motifs is 1. The molecular weight excluding hydrogens is 492 g/mol. The van der Waals surface area contributed by atoms with Crippen molar-refractivity contribution in [2.75, 3.05) is 17.8 Å². The van der Waals surface area contributed by atoms with Crippen LogP contribution in [0.3, 0.4) is 0 Å². The van der Waals surface area contributed by atoms with Crippen LogP contribution in [-0.2, 0) is 21.2 Å². The van der Waals surface area contributed by atoms with Crippen molar-refractivity contribution in [3.63, 3.8) is 0 Å². The summed E-state index contributed by atoms with van der Waals surface area (Å²) in [7, 11) is -3.76. The van der Waals surface area contributed by atoms with Crippen molar-refractivity contribution in [3.05, 3.63) is 53.5 Å². The number of carbonyl (C=O) groups excluding carboxylic acids is 1. The molecule has 0 radical (unpaired) electrons. The van der Waals surface area contributed by atoms with Crippen molar-refractivity contribution in [1.29, 1.82) is 0 Å². The quantitative estimate of drug-likeness (QED) is 0.341. The number of amides is 1. The minimum Gasteiger partial charge on any atom is -0.356 e. The van der Waals surface area contributed by atoms with Gasteiger partial charge in [0, 0.05) is 18.0 Å². The molecule has 10 heteroatoms. The molecule has 1 fully saturated rings. The molecule has 3 aromatic rings. The molecule has 1 aromatic heterocycles. The van der Waals surface area contributed by atoms with Gasteiger partial charge in [-0.3, -0.25) is 9.52 Å². The largest absolute Gasteiger partial charge is 0.356 e. The zero-order chi connectivity index (χ0) is 23.1. The molecule has 0 bridgehead atoms. The molecule has 184 valence electrons. The molecule has 1 saturated carbocycles. The van der Waals surface area contributed by atoms with Gasteiger partial charge in [0.05, 0.1) is 17.0 Å². The van der Waals surface area contributed by atoms with Gasteiger partial charge >= 0.3 is 0 Å². The van der Waals surface area contributed by atoms with Crippen LogP contribution in [0.2, 0.25) is 0 Å². The maximum Gasteiger partial charge on any atom is 0.263 e. The number of rotatable bonds is 10. The summed E-state index contributed by atoms with van der Waals surface area (Å²) in [6.45, 7) is 1.52. The second-order valence-corrected chi connectivity index (χ2v) is 11.0. The highest BCUT2D eigenvalue weighted by Crippen LogP contribution is 2.23. The number of nitrogens with zero attached hydrogens (tertiary/aromatic N) is 1. The number of halogens is 1. The molecule has 3 N–H and O–H groups in total. The Bertz CT molecular complexity index is 1190. The molecule has 7 nitrogen and oxygen atoms in total. The molecule has 1 aliphatic carbocycles. The summed E-state index contributed by atoms with van der Waals surface area (Å²) in [5.41, 5.74) is 0.550. The zero-order valence-corrected chi connectivity index (χ0v) is 21.4. The Morgan fingerprint density at radius 3 is 2.59 bits per heavy atom. The molecule has 1 heterocycles. The van der Waals surface area contributed by atoms with Gasteiger partial charge in [-0.25, -0.2) is 13.4 Å². The third-order valence-corrected chi connectivity index (χ3v) is 8.13. The van der Waals surface area contributed by atoms with Gasteiger partial charge < -0.3 is 10.6 Å².